The molecular weight excluding hydrogens is 445 g/mol. The summed E-state index contributed by atoms with van der Waals surface area (Å²) < 4.78 is 33.1. The summed E-state index contributed by atoms with van der Waals surface area (Å²) >= 11 is 13.3. The number of rotatable bonds is 7. The summed E-state index contributed by atoms with van der Waals surface area (Å²) in [6, 6.07) is 4.20. The van der Waals surface area contributed by atoms with Crippen molar-refractivity contribution < 1.29 is 17.9 Å². The molecule has 1 aliphatic rings. The van der Waals surface area contributed by atoms with E-state index in [1.165, 1.54) is 29.5 Å². The standard InChI is InChI=1S/C17H19Cl2N3O4S2/c1-11-10-27-17(20-11)21-16(23)9-22(8-13-3-2-6-26-13)28(24,25)15-7-12(18)4-5-14(15)19/h4-5,7,10,13H,2-3,6,8-9H2,1H3,(H,20,21,23). The van der Waals surface area contributed by atoms with E-state index in [0.29, 0.717) is 11.7 Å². The quantitative estimate of drug-likeness (QED) is 0.677. The van der Waals surface area contributed by atoms with Gasteiger partial charge < -0.3 is 10.1 Å². The number of benzene rings is 1. The van der Waals surface area contributed by atoms with Crippen molar-refractivity contribution in [3.63, 3.8) is 0 Å². The highest BCUT2D eigenvalue weighted by molar-refractivity contribution is 7.89. The van der Waals surface area contributed by atoms with Crippen LogP contribution in [0.2, 0.25) is 10.0 Å². The number of hydrogen-bond acceptors (Lipinski definition) is 6. The molecule has 0 spiro atoms. The largest absolute Gasteiger partial charge is 0.377 e. The van der Waals surface area contributed by atoms with Gasteiger partial charge in [0.1, 0.15) is 4.90 Å². The van der Waals surface area contributed by atoms with Gasteiger partial charge in [-0.2, -0.15) is 4.31 Å². The van der Waals surface area contributed by atoms with E-state index >= 15 is 0 Å². The zero-order valence-corrected chi connectivity index (χ0v) is 18.2. The average Bonchev–Trinajstić information content (AvgIpc) is 3.28. The van der Waals surface area contributed by atoms with Crippen molar-refractivity contribution in [2.24, 2.45) is 0 Å². The molecule has 3 rings (SSSR count). The van der Waals surface area contributed by atoms with Crippen LogP contribution in [0.1, 0.15) is 18.5 Å². The molecule has 152 valence electrons. The van der Waals surface area contributed by atoms with Crippen LogP contribution in [0, 0.1) is 6.92 Å². The highest BCUT2D eigenvalue weighted by Gasteiger charge is 2.32. The number of aromatic nitrogens is 1. The Morgan fingerprint density at radius 3 is 2.86 bits per heavy atom. The molecule has 0 saturated carbocycles. The van der Waals surface area contributed by atoms with Gasteiger partial charge in [0.2, 0.25) is 15.9 Å². The van der Waals surface area contributed by atoms with Crippen molar-refractivity contribution in [2.75, 3.05) is 25.0 Å². The van der Waals surface area contributed by atoms with Crippen LogP contribution in [0.25, 0.3) is 0 Å². The summed E-state index contributed by atoms with van der Waals surface area (Å²) in [7, 11) is -4.06. The second kappa shape index (κ2) is 9.06. The summed E-state index contributed by atoms with van der Waals surface area (Å²) in [5, 5.41) is 5.12. The topological polar surface area (TPSA) is 88.6 Å². The van der Waals surface area contributed by atoms with Crippen molar-refractivity contribution in [3.05, 3.63) is 39.3 Å². The highest BCUT2D eigenvalue weighted by atomic mass is 35.5. The molecule has 0 aliphatic carbocycles. The Hall–Kier alpha value is -1.23. The Kier molecular flexibility index (Phi) is 6.95. The van der Waals surface area contributed by atoms with Gasteiger partial charge in [0.25, 0.3) is 0 Å². The SMILES string of the molecule is Cc1csc(NC(=O)CN(CC2CCCO2)S(=O)(=O)c2cc(Cl)ccc2Cl)n1. The molecule has 28 heavy (non-hydrogen) atoms. The number of nitrogens with one attached hydrogen (secondary N) is 1. The Morgan fingerprint density at radius 1 is 1.43 bits per heavy atom. The zero-order chi connectivity index (χ0) is 20.3. The number of amides is 1. The average molecular weight is 464 g/mol. The van der Waals surface area contributed by atoms with Gasteiger partial charge in [-0.05, 0) is 38.0 Å². The van der Waals surface area contributed by atoms with Crippen LogP contribution in [-0.2, 0) is 19.6 Å². The van der Waals surface area contributed by atoms with Crippen molar-refractivity contribution in [1.29, 1.82) is 0 Å². The van der Waals surface area contributed by atoms with E-state index in [2.05, 4.69) is 10.3 Å². The smallest absolute Gasteiger partial charge is 0.245 e. The van der Waals surface area contributed by atoms with E-state index in [1.54, 1.807) is 5.38 Å². The van der Waals surface area contributed by atoms with E-state index in [1.807, 2.05) is 6.92 Å². The number of thiazole rings is 1. The van der Waals surface area contributed by atoms with Gasteiger partial charge in [-0.25, -0.2) is 13.4 Å². The molecule has 1 saturated heterocycles. The maximum atomic E-state index is 13.2. The molecule has 1 aromatic heterocycles. The highest BCUT2D eigenvalue weighted by Crippen LogP contribution is 2.29. The molecule has 0 radical (unpaired) electrons. The van der Waals surface area contributed by atoms with Crippen LogP contribution in [-0.4, -0.2) is 49.4 Å². The summed E-state index contributed by atoms with van der Waals surface area (Å²) in [5.74, 6) is -0.492. The Morgan fingerprint density at radius 2 is 2.21 bits per heavy atom. The molecular formula is C17H19Cl2N3O4S2. The first-order valence-corrected chi connectivity index (χ1v) is 11.6. The predicted molar refractivity (Wildman–Crippen MR) is 110 cm³/mol. The first-order chi connectivity index (χ1) is 13.3. The van der Waals surface area contributed by atoms with Crippen LogP contribution in [0.3, 0.4) is 0 Å². The molecule has 1 unspecified atom stereocenters. The Labute approximate surface area is 177 Å². The van der Waals surface area contributed by atoms with Crippen molar-refractivity contribution in [1.82, 2.24) is 9.29 Å². The van der Waals surface area contributed by atoms with Gasteiger partial charge in [0.15, 0.2) is 5.13 Å². The third-order valence-corrected chi connectivity index (χ3v) is 7.53. The lowest BCUT2D eigenvalue weighted by molar-refractivity contribution is -0.116. The van der Waals surface area contributed by atoms with Gasteiger partial charge in [0, 0.05) is 23.6 Å². The Bertz CT molecular complexity index is 959. The summed E-state index contributed by atoms with van der Waals surface area (Å²) in [4.78, 5) is 16.5. The number of aryl methyl sites for hydroxylation is 1. The molecule has 1 amide bonds. The lowest BCUT2D eigenvalue weighted by Crippen LogP contribution is -2.42. The van der Waals surface area contributed by atoms with Gasteiger partial charge in [0.05, 0.1) is 23.4 Å². The van der Waals surface area contributed by atoms with Gasteiger partial charge in [-0.1, -0.05) is 23.2 Å². The fourth-order valence-electron chi connectivity index (χ4n) is 2.81. The molecule has 1 fully saturated rings. The van der Waals surface area contributed by atoms with Gasteiger partial charge in [-0.3, -0.25) is 4.79 Å². The third kappa shape index (κ3) is 5.22. The lowest BCUT2D eigenvalue weighted by Gasteiger charge is -2.24. The number of halogens is 2. The second-order valence-electron chi connectivity index (χ2n) is 6.35. The van der Waals surface area contributed by atoms with E-state index in [4.69, 9.17) is 27.9 Å². The number of hydrogen-bond donors (Lipinski definition) is 1. The first-order valence-electron chi connectivity index (χ1n) is 8.54. The minimum Gasteiger partial charge on any atom is -0.377 e. The predicted octanol–water partition coefficient (Wildman–Crippen LogP) is 3.57. The molecule has 2 aromatic rings. The van der Waals surface area contributed by atoms with Gasteiger partial charge in [-0.15, -0.1) is 11.3 Å². The van der Waals surface area contributed by atoms with Crippen LogP contribution in [0.4, 0.5) is 5.13 Å². The molecule has 1 N–H and O–H groups in total. The molecule has 11 heteroatoms. The first kappa shape index (κ1) is 21.5. The molecule has 0 bridgehead atoms. The summed E-state index contributed by atoms with van der Waals surface area (Å²) in [5.41, 5.74) is 0.773. The van der Waals surface area contributed by atoms with Gasteiger partial charge >= 0.3 is 0 Å². The Balaban J connectivity index is 1.84. The fraction of sp³-hybridized carbons (Fsp3) is 0.412. The van der Waals surface area contributed by atoms with E-state index in [-0.39, 0.29) is 34.1 Å². The van der Waals surface area contributed by atoms with Crippen molar-refractivity contribution in [2.45, 2.75) is 30.8 Å². The van der Waals surface area contributed by atoms with Crippen molar-refractivity contribution >= 4 is 55.6 Å². The summed E-state index contributed by atoms with van der Waals surface area (Å²) in [6.45, 7) is 2.04. The number of carbonyl (C=O) groups excluding carboxylic acids is 1. The van der Waals surface area contributed by atoms with Crippen LogP contribution >= 0.6 is 34.5 Å². The van der Waals surface area contributed by atoms with E-state index < -0.39 is 15.9 Å². The van der Waals surface area contributed by atoms with Crippen LogP contribution in [0.15, 0.2) is 28.5 Å². The van der Waals surface area contributed by atoms with E-state index in [9.17, 15) is 13.2 Å². The molecule has 2 heterocycles. The molecule has 7 nitrogen and oxygen atoms in total. The minimum absolute atomic E-state index is 0.0395. The zero-order valence-electron chi connectivity index (χ0n) is 15.0. The van der Waals surface area contributed by atoms with Crippen LogP contribution < -0.4 is 5.32 Å². The number of sulfonamides is 1. The molecule has 1 atom stereocenters. The summed E-state index contributed by atoms with van der Waals surface area (Å²) in [6.07, 6.45) is 1.30. The third-order valence-electron chi connectivity index (χ3n) is 4.13. The lowest BCUT2D eigenvalue weighted by atomic mass is 10.2. The second-order valence-corrected chi connectivity index (χ2v) is 9.96. The normalized spacial score (nSPS) is 17.2. The van der Waals surface area contributed by atoms with E-state index in [0.717, 1.165) is 22.8 Å². The minimum atomic E-state index is -4.06. The number of ether oxygens (including phenoxy) is 1. The number of carbonyl (C=O) groups is 1. The molecule has 1 aliphatic heterocycles. The fourth-order valence-corrected chi connectivity index (χ4v) is 5.68. The maximum absolute atomic E-state index is 13.2. The number of anilines is 1. The monoisotopic (exact) mass is 463 g/mol. The molecule has 1 aromatic carbocycles. The number of nitrogens with zero attached hydrogens (tertiary/aromatic N) is 2. The van der Waals surface area contributed by atoms with Crippen molar-refractivity contribution in [3.8, 4) is 0 Å². The maximum Gasteiger partial charge on any atom is 0.245 e. The van der Waals surface area contributed by atoms with Crippen LogP contribution in [0.5, 0.6) is 0 Å².